The standard InChI is InChI=1S/C24H21N3O3/c1-3-30-24(28)17-10-8-16(9-11-17)22-20-6-4-5-7-21(20)23(27-26-22)25-18-12-14-19(29-2)15-13-18/h4-15H,3H2,1-2H3,(H,25,27). The smallest absolute Gasteiger partial charge is 0.338 e. The van der Waals surface area contributed by atoms with Gasteiger partial charge in [-0.25, -0.2) is 4.79 Å². The van der Waals surface area contributed by atoms with Gasteiger partial charge >= 0.3 is 5.97 Å². The second-order valence-electron chi connectivity index (χ2n) is 6.59. The molecule has 150 valence electrons. The lowest BCUT2D eigenvalue weighted by molar-refractivity contribution is 0.0526. The normalized spacial score (nSPS) is 10.6. The Morgan fingerprint density at radius 3 is 2.27 bits per heavy atom. The zero-order valence-corrected chi connectivity index (χ0v) is 16.8. The van der Waals surface area contributed by atoms with Crippen molar-refractivity contribution in [3.8, 4) is 17.0 Å². The number of methoxy groups -OCH3 is 1. The van der Waals surface area contributed by atoms with Crippen LogP contribution >= 0.6 is 0 Å². The number of carbonyl (C=O) groups is 1. The lowest BCUT2D eigenvalue weighted by atomic mass is 10.0. The first-order valence-electron chi connectivity index (χ1n) is 9.63. The fourth-order valence-electron chi connectivity index (χ4n) is 3.20. The molecule has 0 spiro atoms. The Labute approximate surface area is 174 Å². The summed E-state index contributed by atoms with van der Waals surface area (Å²) >= 11 is 0. The molecule has 4 aromatic rings. The predicted molar refractivity (Wildman–Crippen MR) is 117 cm³/mol. The van der Waals surface area contributed by atoms with E-state index in [0.29, 0.717) is 18.0 Å². The highest BCUT2D eigenvalue weighted by atomic mass is 16.5. The molecule has 0 aliphatic carbocycles. The first-order valence-corrected chi connectivity index (χ1v) is 9.63. The third-order valence-corrected chi connectivity index (χ3v) is 4.71. The predicted octanol–water partition coefficient (Wildman–Crippen LogP) is 5.23. The number of anilines is 2. The van der Waals surface area contributed by atoms with E-state index in [0.717, 1.165) is 33.5 Å². The van der Waals surface area contributed by atoms with E-state index in [-0.39, 0.29) is 5.97 Å². The molecule has 6 nitrogen and oxygen atoms in total. The van der Waals surface area contributed by atoms with Crippen molar-refractivity contribution in [1.29, 1.82) is 0 Å². The topological polar surface area (TPSA) is 73.3 Å². The monoisotopic (exact) mass is 399 g/mol. The van der Waals surface area contributed by atoms with Crippen LogP contribution in [0.3, 0.4) is 0 Å². The minimum Gasteiger partial charge on any atom is -0.497 e. The van der Waals surface area contributed by atoms with Crippen molar-refractivity contribution >= 4 is 28.2 Å². The molecule has 0 aliphatic heterocycles. The van der Waals surface area contributed by atoms with E-state index in [1.54, 1.807) is 26.2 Å². The van der Waals surface area contributed by atoms with E-state index < -0.39 is 0 Å². The summed E-state index contributed by atoms with van der Waals surface area (Å²) in [6.45, 7) is 2.13. The number of rotatable bonds is 6. The summed E-state index contributed by atoms with van der Waals surface area (Å²) < 4.78 is 10.3. The van der Waals surface area contributed by atoms with Crippen molar-refractivity contribution < 1.29 is 14.3 Å². The molecule has 4 rings (SSSR count). The Balaban J connectivity index is 1.69. The number of esters is 1. The molecule has 1 aromatic heterocycles. The van der Waals surface area contributed by atoms with E-state index in [1.807, 2.05) is 60.7 Å². The van der Waals surface area contributed by atoms with Gasteiger partial charge in [-0.05, 0) is 43.3 Å². The number of carbonyl (C=O) groups excluding carboxylic acids is 1. The lowest BCUT2D eigenvalue weighted by Crippen LogP contribution is -2.04. The molecule has 3 aromatic carbocycles. The summed E-state index contributed by atoms with van der Waals surface area (Å²) in [6.07, 6.45) is 0. The third-order valence-electron chi connectivity index (χ3n) is 4.71. The Bertz CT molecular complexity index is 1170. The number of hydrogen-bond acceptors (Lipinski definition) is 6. The summed E-state index contributed by atoms with van der Waals surface area (Å²) in [5.74, 6) is 1.12. The summed E-state index contributed by atoms with van der Waals surface area (Å²) in [6, 6.07) is 22.8. The van der Waals surface area contributed by atoms with Crippen LogP contribution in [-0.2, 0) is 4.74 Å². The Morgan fingerprint density at radius 2 is 1.60 bits per heavy atom. The maximum Gasteiger partial charge on any atom is 0.338 e. The van der Waals surface area contributed by atoms with Gasteiger partial charge in [0.05, 0.1) is 19.3 Å². The molecular formula is C24H21N3O3. The molecule has 0 saturated heterocycles. The van der Waals surface area contributed by atoms with Gasteiger partial charge in [-0.2, -0.15) is 0 Å². The third kappa shape index (κ3) is 3.93. The van der Waals surface area contributed by atoms with Gasteiger partial charge in [0.15, 0.2) is 5.82 Å². The summed E-state index contributed by atoms with van der Waals surface area (Å²) in [4.78, 5) is 11.9. The minimum absolute atomic E-state index is 0.334. The van der Waals surface area contributed by atoms with Gasteiger partial charge in [0.1, 0.15) is 11.4 Å². The summed E-state index contributed by atoms with van der Waals surface area (Å²) in [5.41, 5.74) is 3.03. The van der Waals surface area contributed by atoms with Crippen LogP contribution in [0, 0.1) is 0 Å². The Kier molecular flexibility index (Phi) is 5.57. The number of nitrogens with one attached hydrogen (secondary N) is 1. The average molecular weight is 399 g/mol. The van der Waals surface area contributed by atoms with Crippen LogP contribution in [0.15, 0.2) is 72.8 Å². The molecule has 0 fully saturated rings. The summed E-state index contributed by atoms with van der Waals surface area (Å²) in [5, 5.41) is 14.1. The van der Waals surface area contributed by atoms with E-state index in [4.69, 9.17) is 9.47 Å². The Hall–Kier alpha value is -3.93. The van der Waals surface area contributed by atoms with Gasteiger partial charge in [0.25, 0.3) is 0 Å². The molecule has 0 radical (unpaired) electrons. The molecule has 0 amide bonds. The zero-order chi connectivity index (χ0) is 20.9. The molecule has 6 heteroatoms. The zero-order valence-electron chi connectivity index (χ0n) is 16.8. The number of nitrogens with zero attached hydrogens (tertiary/aromatic N) is 2. The van der Waals surface area contributed by atoms with E-state index in [9.17, 15) is 4.79 Å². The number of ether oxygens (including phenoxy) is 2. The molecule has 0 saturated carbocycles. The van der Waals surface area contributed by atoms with Crippen molar-refractivity contribution in [3.63, 3.8) is 0 Å². The maximum atomic E-state index is 11.9. The number of fused-ring (bicyclic) bond motifs is 1. The molecular weight excluding hydrogens is 378 g/mol. The van der Waals surface area contributed by atoms with Crippen molar-refractivity contribution in [3.05, 3.63) is 78.4 Å². The van der Waals surface area contributed by atoms with Gasteiger partial charge in [-0.1, -0.05) is 36.4 Å². The van der Waals surface area contributed by atoms with Crippen LogP contribution < -0.4 is 10.1 Å². The first kappa shape index (κ1) is 19.4. The molecule has 1 heterocycles. The molecule has 0 aliphatic rings. The summed E-state index contributed by atoms with van der Waals surface area (Å²) in [7, 11) is 1.64. The second kappa shape index (κ2) is 8.61. The van der Waals surface area contributed by atoms with Gasteiger partial charge in [0.2, 0.25) is 0 Å². The van der Waals surface area contributed by atoms with Crippen LogP contribution in [0.25, 0.3) is 22.0 Å². The van der Waals surface area contributed by atoms with Crippen LogP contribution in [0.5, 0.6) is 5.75 Å². The molecule has 0 atom stereocenters. The van der Waals surface area contributed by atoms with Gasteiger partial charge < -0.3 is 14.8 Å². The van der Waals surface area contributed by atoms with Gasteiger partial charge in [-0.3, -0.25) is 0 Å². The van der Waals surface area contributed by atoms with Crippen molar-refractivity contribution in [2.24, 2.45) is 0 Å². The van der Waals surface area contributed by atoms with Crippen molar-refractivity contribution in [1.82, 2.24) is 10.2 Å². The average Bonchev–Trinajstić information content (AvgIpc) is 2.80. The first-order chi connectivity index (χ1) is 14.7. The highest BCUT2D eigenvalue weighted by Crippen LogP contribution is 2.31. The highest BCUT2D eigenvalue weighted by molar-refractivity contribution is 6.01. The van der Waals surface area contributed by atoms with Crippen LogP contribution in [0.2, 0.25) is 0 Å². The van der Waals surface area contributed by atoms with Gasteiger partial charge in [-0.15, -0.1) is 10.2 Å². The van der Waals surface area contributed by atoms with Crippen molar-refractivity contribution in [2.45, 2.75) is 6.92 Å². The number of aromatic nitrogens is 2. The SMILES string of the molecule is CCOC(=O)c1ccc(-c2nnc(Nc3ccc(OC)cc3)c3ccccc23)cc1. The van der Waals surface area contributed by atoms with E-state index in [1.165, 1.54) is 0 Å². The molecule has 30 heavy (non-hydrogen) atoms. The number of hydrogen-bond donors (Lipinski definition) is 1. The van der Waals surface area contributed by atoms with E-state index in [2.05, 4.69) is 15.5 Å². The van der Waals surface area contributed by atoms with Crippen molar-refractivity contribution in [2.75, 3.05) is 19.0 Å². The fourth-order valence-corrected chi connectivity index (χ4v) is 3.20. The Morgan fingerprint density at radius 1 is 0.900 bits per heavy atom. The lowest BCUT2D eigenvalue weighted by Gasteiger charge is -2.12. The minimum atomic E-state index is -0.334. The molecule has 0 unspecified atom stereocenters. The fraction of sp³-hybridized carbons (Fsp3) is 0.125. The maximum absolute atomic E-state index is 11.9. The quantitative estimate of drug-likeness (QED) is 0.448. The van der Waals surface area contributed by atoms with Crippen LogP contribution in [0.1, 0.15) is 17.3 Å². The largest absolute Gasteiger partial charge is 0.497 e. The molecule has 0 bridgehead atoms. The van der Waals surface area contributed by atoms with Gasteiger partial charge in [0, 0.05) is 22.0 Å². The second-order valence-corrected chi connectivity index (χ2v) is 6.59. The van der Waals surface area contributed by atoms with E-state index >= 15 is 0 Å². The van der Waals surface area contributed by atoms with Crippen LogP contribution in [0.4, 0.5) is 11.5 Å². The highest BCUT2D eigenvalue weighted by Gasteiger charge is 2.12. The number of benzene rings is 3. The van der Waals surface area contributed by atoms with Crippen LogP contribution in [-0.4, -0.2) is 29.9 Å². The molecule has 1 N–H and O–H groups in total.